The van der Waals surface area contributed by atoms with E-state index in [1.165, 1.54) is 11.3 Å². The number of rotatable bonds is 8. The second-order valence-corrected chi connectivity index (χ2v) is 9.23. The molecule has 0 saturated carbocycles. The third kappa shape index (κ3) is 5.65. The molecule has 2 aliphatic heterocycles. The average molecular weight is 493 g/mol. The Labute approximate surface area is 213 Å². The molecule has 0 aliphatic carbocycles. The average Bonchev–Trinajstić information content (AvgIpc) is 2.85. The number of ether oxygens (including phenoxy) is 2. The number of carbonyl (C=O) groups excluding carboxylic acids is 2. The van der Waals surface area contributed by atoms with Gasteiger partial charge in [0, 0.05) is 49.2 Å². The Kier molecular flexibility index (Phi) is 8.15. The molecular weight excluding hydrogens is 456 g/mol. The Morgan fingerprint density at radius 2 is 1.81 bits per heavy atom. The maximum Gasteiger partial charge on any atom is 0.338 e. The number of aryl methyl sites for hydroxylation is 1. The quantitative estimate of drug-likeness (QED) is 0.546. The molecule has 0 aromatic heterocycles. The Morgan fingerprint density at radius 3 is 2.50 bits per heavy atom. The second kappa shape index (κ2) is 11.5. The zero-order valence-corrected chi connectivity index (χ0v) is 21.5. The third-order valence-corrected chi connectivity index (χ3v) is 6.64. The van der Waals surface area contributed by atoms with E-state index < -0.39 is 12.0 Å². The molecule has 1 saturated heterocycles. The van der Waals surface area contributed by atoms with Crippen molar-refractivity contribution in [3.05, 3.63) is 70.9 Å². The molecule has 2 N–H and O–H groups in total. The molecule has 2 heterocycles. The number of nitrogens with one attached hydrogen (secondary N) is 2. The number of carbonyl (C=O) groups is 2. The summed E-state index contributed by atoms with van der Waals surface area (Å²) in [5.41, 5.74) is 4.17. The van der Waals surface area contributed by atoms with Gasteiger partial charge in [0.2, 0.25) is 0 Å². The third-order valence-electron chi connectivity index (χ3n) is 6.64. The molecule has 0 spiro atoms. The van der Waals surface area contributed by atoms with Crippen molar-refractivity contribution in [3.8, 4) is 5.75 Å². The van der Waals surface area contributed by atoms with Crippen molar-refractivity contribution in [2.24, 2.45) is 0 Å². The summed E-state index contributed by atoms with van der Waals surface area (Å²) >= 11 is 0. The molecule has 36 heavy (non-hydrogen) atoms. The molecular formula is C28H36N4O4. The lowest BCUT2D eigenvalue weighted by molar-refractivity contribution is -0.139. The van der Waals surface area contributed by atoms with Crippen molar-refractivity contribution < 1.29 is 19.1 Å². The lowest BCUT2D eigenvalue weighted by Gasteiger charge is -2.42. The summed E-state index contributed by atoms with van der Waals surface area (Å²) in [5.74, 6) is 0.191. The van der Waals surface area contributed by atoms with E-state index in [1.54, 1.807) is 6.92 Å². The number of amides is 2. The molecule has 2 aromatic rings. The van der Waals surface area contributed by atoms with Gasteiger partial charge in [0.25, 0.3) is 0 Å². The number of anilines is 1. The van der Waals surface area contributed by atoms with Gasteiger partial charge in [-0.25, -0.2) is 9.59 Å². The zero-order chi connectivity index (χ0) is 25.7. The predicted molar refractivity (Wildman–Crippen MR) is 140 cm³/mol. The Balaban J connectivity index is 1.61. The fraction of sp³-hybridized carbons (Fsp3) is 0.429. The molecule has 0 bridgehead atoms. The SMILES string of the molecule is CCOC(=O)C1=C(CN2CCN(c3ccc(C)cc3)[C@@H](C)C2)NC(=O)N[C@H]1c1ccccc1OCC. The number of esters is 1. The number of nitrogens with zero attached hydrogens (tertiary/aromatic N) is 2. The zero-order valence-electron chi connectivity index (χ0n) is 21.5. The standard InChI is InChI=1S/C28H36N4O4/c1-5-35-24-10-8-7-9-22(24)26-25(27(33)36-6-2)23(29-28(34)30-26)18-31-15-16-32(20(4)17-31)21-13-11-19(3)12-14-21/h7-14,20,26H,5-6,15-18H2,1-4H3,(H2,29,30,34)/t20-,26-/m0/s1. The van der Waals surface area contributed by atoms with Crippen LogP contribution >= 0.6 is 0 Å². The molecule has 192 valence electrons. The van der Waals surface area contributed by atoms with Crippen molar-refractivity contribution in [2.45, 2.75) is 39.8 Å². The Bertz CT molecular complexity index is 1110. The summed E-state index contributed by atoms with van der Waals surface area (Å²) in [6, 6.07) is 15.3. The first-order valence-electron chi connectivity index (χ1n) is 12.7. The van der Waals surface area contributed by atoms with E-state index in [0.29, 0.717) is 30.2 Å². The van der Waals surface area contributed by atoms with Gasteiger partial charge in [0.1, 0.15) is 5.75 Å². The van der Waals surface area contributed by atoms with Crippen LogP contribution in [0.1, 0.15) is 37.9 Å². The van der Waals surface area contributed by atoms with Crippen LogP contribution in [0.2, 0.25) is 0 Å². The van der Waals surface area contributed by atoms with Crippen LogP contribution in [0, 0.1) is 6.92 Å². The van der Waals surface area contributed by atoms with Crippen molar-refractivity contribution in [3.63, 3.8) is 0 Å². The van der Waals surface area contributed by atoms with E-state index in [0.717, 1.165) is 25.2 Å². The maximum absolute atomic E-state index is 13.2. The minimum Gasteiger partial charge on any atom is -0.494 e. The molecule has 8 nitrogen and oxygen atoms in total. The number of hydrogen-bond donors (Lipinski definition) is 2. The maximum atomic E-state index is 13.2. The van der Waals surface area contributed by atoms with Gasteiger partial charge in [-0.05, 0) is 45.9 Å². The summed E-state index contributed by atoms with van der Waals surface area (Å²) in [5, 5.41) is 5.82. The van der Waals surface area contributed by atoms with Crippen molar-refractivity contribution in [1.82, 2.24) is 15.5 Å². The largest absolute Gasteiger partial charge is 0.494 e. The van der Waals surface area contributed by atoms with Crippen molar-refractivity contribution >= 4 is 17.7 Å². The van der Waals surface area contributed by atoms with Crippen LogP contribution < -0.4 is 20.3 Å². The van der Waals surface area contributed by atoms with E-state index >= 15 is 0 Å². The molecule has 1 fully saturated rings. The summed E-state index contributed by atoms with van der Waals surface area (Å²) in [4.78, 5) is 30.6. The molecule has 8 heteroatoms. The highest BCUT2D eigenvalue weighted by molar-refractivity contribution is 5.95. The lowest BCUT2D eigenvalue weighted by Crippen LogP contribution is -2.54. The van der Waals surface area contributed by atoms with Gasteiger partial charge in [-0.1, -0.05) is 35.9 Å². The van der Waals surface area contributed by atoms with E-state index in [4.69, 9.17) is 9.47 Å². The highest BCUT2D eigenvalue weighted by Gasteiger charge is 2.36. The molecule has 2 atom stereocenters. The van der Waals surface area contributed by atoms with Gasteiger partial charge < -0.3 is 25.0 Å². The fourth-order valence-electron chi connectivity index (χ4n) is 4.95. The summed E-state index contributed by atoms with van der Waals surface area (Å²) in [6.45, 7) is 11.6. The first-order chi connectivity index (χ1) is 17.4. The number of piperazine rings is 1. The summed E-state index contributed by atoms with van der Waals surface area (Å²) in [6.07, 6.45) is 0. The van der Waals surface area contributed by atoms with Crippen molar-refractivity contribution in [1.29, 1.82) is 0 Å². The topological polar surface area (TPSA) is 83.1 Å². The monoisotopic (exact) mass is 492 g/mol. The first-order valence-corrected chi connectivity index (χ1v) is 12.7. The van der Waals surface area contributed by atoms with E-state index in [1.807, 2.05) is 31.2 Å². The van der Waals surface area contributed by atoms with Gasteiger partial charge in [-0.15, -0.1) is 0 Å². The fourth-order valence-corrected chi connectivity index (χ4v) is 4.95. The number of urea groups is 1. The number of hydrogen-bond acceptors (Lipinski definition) is 6. The van der Waals surface area contributed by atoms with Crippen LogP contribution in [0.15, 0.2) is 59.8 Å². The highest BCUT2D eigenvalue weighted by Crippen LogP contribution is 2.34. The molecule has 2 aromatic carbocycles. The molecule has 2 aliphatic rings. The normalized spacial score (nSPS) is 20.6. The van der Waals surface area contributed by atoms with Gasteiger partial charge in [-0.3, -0.25) is 4.90 Å². The highest BCUT2D eigenvalue weighted by atomic mass is 16.5. The van der Waals surface area contributed by atoms with Gasteiger partial charge in [-0.2, -0.15) is 0 Å². The molecule has 0 unspecified atom stereocenters. The van der Waals surface area contributed by atoms with Gasteiger partial charge in [0.15, 0.2) is 0 Å². The van der Waals surface area contributed by atoms with Gasteiger partial charge in [0.05, 0.1) is 24.8 Å². The minimum absolute atomic E-state index is 0.246. The Morgan fingerprint density at radius 1 is 1.06 bits per heavy atom. The lowest BCUT2D eigenvalue weighted by atomic mass is 9.94. The predicted octanol–water partition coefficient (Wildman–Crippen LogP) is 3.78. The summed E-state index contributed by atoms with van der Waals surface area (Å²) < 4.78 is 11.2. The minimum atomic E-state index is -0.665. The number of para-hydroxylation sites is 1. The van der Waals surface area contributed by atoms with Crippen LogP contribution in [-0.2, 0) is 9.53 Å². The van der Waals surface area contributed by atoms with Crippen molar-refractivity contribution in [2.75, 3.05) is 44.3 Å². The van der Waals surface area contributed by atoms with Crippen LogP contribution in [0.4, 0.5) is 10.5 Å². The molecule has 0 radical (unpaired) electrons. The van der Waals surface area contributed by atoms with E-state index in [9.17, 15) is 9.59 Å². The first kappa shape index (κ1) is 25.6. The van der Waals surface area contributed by atoms with E-state index in [-0.39, 0.29) is 18.7 Å². The van der Waals surface area contributed by atoms with Crippen LogP contribution in [0.3, 0.4) is 0 Å². The smallest absolute Gasteiger partial charge is 0.338 e. The van der Waals surface area contributed by atoms with E-state index in [2.05, 4.69) is 58.5 Å². The number of benzene rings is 2. The van der Waals surface area contributed by atoms with Gasteiger partial charge >= 0.3 is 12.0 Å². The van der Waals surface area contributed by atoms with Crippen LogP contribution in [0.25, 0.3) is 0 Å². The molecule has 4 rings (SSSR count). The van der Waals surface area contributed by atoms with Crippen LogP contribution in [-0.4, -0.2) is 62.3 Å². The Hall–Kier alpha value is -3.52. The second-order valence-electron chi connectivity index (χ2n) is 9.23. The molecule has 2 amide bonds. The van der Waals surface area contributed by atoms with Crippen LogP contribution in [0.5, 0.6) is 5.75 Å². The summed E-state index contributed by atoms with van der Waals surface area (Å²) in [7, 11) is 0.